The number of hydrogen-bond acceptors (Lipinski definition) is 2. The Hall–Kier alpha value is -0.340. The first-order valence-corrected chi connectivity index (χ1v) is 8.27. The second kappa shape index (κ2) is 6.21. The van der Waals surface area contributed by atoms with Crippen molar-refractivity contribution in [2.45, 2.75) is 58.9 Å². The molecule has 1 aromatic rings. The lowest BCUT2D eigenvalue weighted by atomic mass is 9.76. The maximum Gasteiger partial charge on any atom is 0.0104 e. The van der Waals surface area contributed by atoms with E-state index in [4.69, 9.17) is 0 Å². The summed E-state index contributed by atoms with van der Waals surface area (Å²) in [4.78, 5) is 1.54. The molecule has 2 heteroatoms. The highest BCUT2D eigenvalue weighted by Crippen LogP contribution is 2.45. The minimum Gasteiger partial charge on any atom is -0.314 e. The summed E-state index contributed by atoms with van der Waals surface area (Å²) >= 11 is 1.90. The van der Waals surface area contributed by atoms with Crippen LogP contribution in [0.1, 0.15) is 51.3 Å². The van der Waals surface area contributed by atoms with Crippen molar-refractivity contribution in [2.24, 2.45) is 11.3 Å². The molecule has 0 aromatic carbocycles. The van der Waals surface area contributed by atoms with Crippen LogP contribution in [0.5, 0.6) is 0 Å². The van der Waals surface area contributed by atoms with Crippen LogP contribution in [0.15, 0.2) is 17.5 Å². The van der Waals surface area contributed by atoms with Gasteiger partial charge in [0.15, 0.2) is 0 Å². The molecule has 2 unspecified atom stereocenters. The molecule has 0 spiro atoms. The Kier molecular flexibility index (Phi) is 4.85. The standard InChI is InChI=1S/C16H27NS/c1-4-17-15(10-9-13-7-6-12-18-13)14-8-5-11-16(14,2)3/h6-7,12,14-15,17H,4-5,8-11H2,1-3H3. The summed E-state index contributed by atoms with van der Waals surface area (Å²) in [6, 6.07) is 5.14. The predicted molar refractivity (Wildman–Crippen MR) is 81.2 cm³/mol. The van der Waals surface area contributed by atoms with Crippen LogP contribution in [-0.2, 0) is 6.42 Å². The summed E-state index contributed by atoms with van der Waals surface area (Å²) in [5, 5.41) is 5.94. The van der Waals surface area contributed by atoms with E-state index in [9.17, 15) is 0 Å². The first-order chi connectivity index (χ1) is 8.63. The minimum atomic E-state index is 0.530. The topological polar surface area (TPSA) is 12.0 Å². The van der Waals surface area contributed by atoms with Crippen LogP contribution >= 0.6 is 11.3 Å². The number of nitrogens with one attached hydrogen (secondary N) is 1. The molecule has 1 N–H and O–H groups in total. The third kappa shape index (κ3) is 3.36. The van der Waals surface area contributed by atoms with Gasteiger partial charge in [0.1, 0.15) is 0 Å². The summed E-state index contributed by atoms with van der Waals surface area (Å²) in [6.45, 7) is 8.25. The van der Waals surface area contributed by atoms with Gasteiger partial charge in [-0.15, -0.1) is 11.3 Å². The Bertz CT molecular complexity index is 342. The van der Waals surface area contributed by atoms with Gasteiger partial charge in [-0.1, -0.05) is 33.3 Å². The van der Waals surface area contributed by atoms with E-state index in [-0.39, 0.29) is 0 Å². The van der Waals surface area contributed by atoms with Gasteiger partial charge in [0.05, 0.1) is 0 Å². The highest BCUT2D eigenvalue weighted by molar-refractivity contribution is 7.09. The fraction of sp³-hybridized carbons (Fsp3) is 0.750. The normalized spacial score (nSPS) is 24.3. The van der Waals surface area contributed by atoms with Crippen molar-refractivity contribution >= 4 is 11.3 Å². The van der Waals surface area contributed by atoms with Crippen molar-refractivity contribution in [1.82, 2.24) is 5.32 Å². The molecule has 0 bridgehead atoms. The average molecular weight is 265 g/mol. The number of rotatable bonds is 6. The maximum atomic E-state index is 3.75. The molecule has 1 aromatic heterocycles. The fourth-order valence-corrected chi connectivity index (χ4v) is 4.28. The zero-order chi connectivity index (χ0) is 13.0. The Morgan fingerprint density at radius 2 is 2.33 bits per heavy atom. The van der Waals surface area contributed by atoms with Gasteiger partial charge in [0, 0.05) is 10.9 Å². The molecule has 1 heterocycles. The van der Waals surface area contributed by atoms with Crippen LogP contribution in [0.25, 0.3) is 0 Å². The second-order valence-corrected chi connectivity index (χ2v) is 7.30. The first-order valence-electron chi connectivity index (χ1n) is 7.39. The molecular formula is C16H27NS. The molecule has 1 aliphatic rings. The molecule has 1 nitrogen and oxygen atoms in total. The first kappa shape index (κ1) is 14.1. The molecule has 0 amide bonds. The van der Waals surface area contributed by atoms with Crippen molar-refractivity contribution < 1.29 is 0 Å². The average Bonchev–Trinajstić information content (AvgIpc) is 2.93. The van der Waals surface area contributed by atoms with Crippen molar-refractivity contribution in [1.29, 1.82) is 0 Å². The largest absolute Gasteiger partial charge is 0.314 e. The molecule has 2 rings (SSSR count). The van der Waals surface area contributed by atoms with Gasteiger partial charge >= 0.3 is 0 Å². The highest BCUT2D eigenvalue weighted by Gasteiger charge is 2.38. The second-order valence-electron chi connectivity index (χ2n) is 6.27. The van der Waals surface area contributed by atoms with Crippen LogP contribution in [0.2, 0.25) is 0 Å². The third-order valence-corrected chi connectivity index (χ3v) is 5.51. The summed E-state index contributed by atoms with van der Waals surface area (Å²) in [6.07, 6.45) is 6.76. The van der Waals surface area contributed by atoms with Crippen molar-refractivity contribution in [2.75, 3.05) is 6.54 Å². The van der Waals surface area contributed by atoms with Gasteiger partial charge in [-0.25, -0.2) is 0 Å². The van der Waals surface area contributed by atoms with E-state index < -0.39 is 0 Å². The number of hydrogen-bond donors (Lipinski definition) is 1. The Balaban J connectivity index is 1.95. The lowest BCUT2D eigenvalue weighted by Crippen LogP contribution is -2.41. The molecule has 0 aliphatic heterocycles. The van der Waals surface area contributed by atoms with Crippen LogP contribution in [0.3, 0.4) is 0 Å². The summed E-state index contributed by atoms with van der Waals surface area (Å²) in [5.41, 5.74) is 0.530. The number of thiophene rings is 1. The van der Waals surface area contributed by atoms with E-state index in [0.717, 1.165) is 12.5 Å². The van der Waals surface area contributed by atoms with E-state index in [2.05, 4.69) is 43.6 Å². The molecular weight excluding hydrogens is 238 g/mol. The Morgan fingerprint density at radius 1 is 1.50 bits per heavy atom. The lowest BCUT2D eigenvalue weighted by molar-refractivity contribution is 0.191. The molecule has 18 heavy (non-hydrogen) atoms. The SMILES string of the molecule is CCNC(CCc1cccs1)C1CCCC1(C)C. The van der Waals surface area contributed by atoms with Crippen molar-refractivity contribution in [3.05, 3.63) is 22.4 Å². The van der Waals surface area contributed by atoms with E-state index >= 15 is 0 Å². The Labute approximate surface area is 116 Å². The van der Waals surface area contributed by atoms with Crippen LogP contribution in [0.4, 0.5) is 0 Å². The monoisotopic (exact) mass is 265 g/mol. The van der Waals surface area contributed by atoms with E-state index in [1.807, 2.05) is 11.3 Å². The highest BCUT2D eigenvalue weighted by atomic mass is 32.1. The summed E-state index contributed by atoms with van der Waals surface area (Å²) in [5.74, 6) is 0.859. The van der Waals surface area contributed by atoms with E-state index in [1.54, 1.807) is 0 Å². The predicted octanol–water partition coefficient (Wildman–Crippen LogP) is 4.49. The third-order valence-electron chi connectivity index (χ3n) is 4.57. The van der Waals surface area contributed by atoms with Crippen molar-refractivity contribution in [3.8, 4) is 0 Å². The zero-order valence-corrected chi connectivity index (χ0v) is 12.9. The molecule has 1 aliphatic carbocycles. The van der Waals surface area contributed by atoms with Gasteiger partial charge in [-0.3, -0.25) is 0 Å². The number of aryl methyl sites for hydroxylation is 1. The Morgan fingerprint density at radius 3 is 2.89 bits per heavy atom. The molecule has 102 valence electrons. The van der Waals surface area contributed by atoms with Gasteiger partial charge < -0.3 is 5.32 Å². The fourth-order valence-electron chi connectivity index (χ4n) is 3.56. The molecule has 0 saturated heterocycles. The lowest BCUT2D eigenvalue weighted by Gasteiger charge is -2.34. The molecule has 1 fully saturated rings. The van der Waals surface area contributed by atoms with Gasteiger partial charge in [0.25, 0.3) is 0 Å². The van der Waals surface area contributed by atoms with Gasteiger partial charge in [-0.2, -0.15) is 0 Å². The van der Waals surface area contributed by atoms with Crippen LogP contribution < -0.4 is 5.32 Å². The minimum absolute atomic E-state index is 0.530. The van der Waals surface area contributed by atoms with Gasteiger partial charge in [-0.05, 0) is 55.0 Å². The van der Waals surface area contributed by atoms with E-state index in [0.29, 0.717) is 11.5 Å². The quantitative estimate of drug-likeness (QED) is 0.799. The van der Waals surface area contributed by atoms with E-state index in [1.165, 1.54) is 37.0 Å². The zero-order valence-electron chi connectivity index (χ0n) is 12.0. The summed E-state index contributed by atoms with van der Waals surface area (Å²) in [7, 11) is 0. The molecule has 1 saturated carbocycles. The summed E-state index contributed by atoms with van der Waals surface area (Å²) < 4.78 is 0. The van der Waals surface area contributed by atoms with Crippen LogP contribution in [-0.4, -0.2) is 12.6 Å². The smallest absolute Gasteiger partial charge is 0.0104 e. The van der Waals surface area contributed by atoms with Gasteiger partial charge in [0.2, 0.25) is 0 Å². The van der Waals surface area contributed by atoms with Crippen molar-refractivity contribution in [3.63, 3.8) is 0 Å². The maximum absolute atomic E-state index is 3.75. The van der Waals surface area contributed by atoms with Crippen LogP contribution in [0, 0.1) is 11.3 Å². The molecule has 0 radical (unpaired) electrons. The molecule has 2 atom stereocenters.